The number of rotatable bonds is 5. The first-order valence-corrected chi connectivity index (χ1v) is 15.7. The fourth-order valence-electron chi connectivity index (χ4n) is 6.06. The molecule has 2 aliphatic heterocycles. The third kappa shape index (κ3) is 7.39. The quantitative estimate of drug-likeness (QED) is 0.267. The predicted octanol–water partition coefficient (Wildman–Crippen LogP) is 6.15. The van der Waals surface area contributed by atoms with E-state index in [9.17, 15) is 14.7 Å². The summed E-state index contributed by atoms with van der Waals surface area (Å²) in [6, 6.07) is 18.3. The zero-order valence-electron chi connectivity index (χ0n) is 25.8. The minimum absolute atomic E-state index is 0.138. The van der Waals surface area contributed by atoms with Gasteiger partial charge in [0.1, 0.15) is 5.82 Å². The van der Waals surface area contributed by atoms with Gasteiger partial charge in [-0.25, -0.2) is 4.39 Å². The zero-order chi connectivity index (χ0) is 31.3. The lowest BCUT2D eigenvalue weighted by Gasteiger charge is -2.43. The molecule has 2 unspecified atom stereocenters. The van der Waals surface area contributed by atoms with Crippen molar-refractivity contribution < 1.29 is 19.1 Å². The summed E-state index contributed by atoms with van der Waals surface area (Å²) in [6.45, 7) is 7.88. The summed E-state index contributed by atoms with van der Waals surface area (Å²) >= 11 is 0. The van der Waals surface area contributed by atoms with Crippen LogP contribution in [0.1, 0.15) is 82.4 Å². The second-order valence-corrected chi connectivity index (χ2v) is 11.9. The van der Waals surface area contributed by atoms with Gasteiger partial charge in [-0.2, -0.15) is 5.10 Å². The van der Waals surface area contributed by atoms with Gasteiger partial charge in [-0.1, -0.05) is 44.2 Å². The van der Waals surface area contributed by atoms with E-state index in [2.05, 4.69) is 56.4 Å². The lowest BCUT2D eigenvalue weighted by molar-refractivity contribution is -0.132. The molecule has 0 spiro atoms. The van der Waals surface area contributed by atoms with E-state index in [1.54, 1.807) is 24.4 Å². The van der Waals surface area contributed by atoms with Gasteiger partial charge in [0.25, 0.3) is 0 Å². The highest BCUT2D eigenvalue weighted by atomic mass is 19.1. The first-order chi connectivity index (χ1) is 21.3. The van der Waals surface area contributed by atoms with Gasteiger partial charge in [-0.3, -0.25) is 29.5 Å². The topological polar surface area (TPSA) is 100 Å². The van der Waals surface area contributed by atoms with E-state index in [0.717, 1.165) is 24.3 Å². The summed E-state index contributed by atoms with van der Waals surface area (Å²) in [7, 11) is 0. The van der Waals surface area contributed by atoms with Gasteiger partial charge in [0.2, 0.25) is 11.8 Å². The van der Waals surface area contributed by atoms with Crippen molar-refractivity contribution in [1.29, 1.82) is 0 Å². The zero-order valence-corrected chi connectivity index (χ0v) is 25.8. The SMILES string of the molecule is CC.CC1(O)CN(Cc2ccc(-c3ccn(C4CC4)n3)cc2)CCC1c1ccc2ncccc2c1F.O=C1CCCC(=O)N1. The van der Waals surface area contributed by atoms with E-state index in [-0.39, 0.29) is 23.5 Å². The third-order valence-corrected chi connectivity index (χ3v) is 8.42. The lowest BCUT2D eigenvalue weighted by Crippen LogP contribution is -2.50. The van der Waals surface area contributed by atoms with Crippen molar-refractivity contribution in [3.63, 3.8) is 0 Å². The van der Waals surface area contributed by atoms with Crippen LogP contribution in [-0.2, 0) is 16.1 Å². The van der Waals surface area contributed by atoms with Crippen LogP contribution in [0.4, 0.5) is 4.39 Å². The number of pyridine rings is 1. The molecule has 2 saturated heterocycles. The second-order valence-electron chi connectivity index (χ2n) is 11.9. The summed E-state index contributed by atoms with van der Waals surface area (Å²) in [5.41, 5.74) is 3.53. The van der Waals surface area contributed by atoms with Gasteiger partial charge >= 0.3 is 0 Å². The maximum atomic E-state index is 15.3. The summed E-state index contributed by atoms with van der Waals surface area (Å²) in [4.78, 5) is 27.2. The van der Waals surface area contributed by atoms with Gasteiger partial charge in [0, 0.05) is 55.2 Å². The highest BCUT2D eigenvalue weighted by Crippen LogP contribution is 2.39. The number of aromatic nitrogens is 3. The highest BCUT2D eigenvalue weighted by molar-refractivity contribution is 5.97. The number of piperidine rings is 2. The summed E-state index contributed by atoms with van der Waals surface area (Å²) in [5.74, 6) is -0.788. The number of carbonyl (C=O) groups is 2. The largest absolute Gasteiger partial charge is 0.388 e. The fourth-order valence-corrected chi connectivity index (χ4v) is 6.06. The number of amides is 2. The van der Waals surface area contributed by atoms with Crippen molar-refractivity contribution in [2.75, 3.05) is 13.1 Å². The second kappa shape index (κ2) is 13.8. The van der Waals surface area contributed by atoms with Crippen molar-refractivity contribution in [2.45, 2.75) is 83.4 Å². The number of aliphatic hydroxyl groups is 1. The van der Waals surface area contributed by atoms with E-state index in [0.29, 0.717) is 54.7 Å². The number of likely N-dealkylation sites (tertiary alicyclic amines) is 1. The Bertz CT molecular complexity index is 1580. The molecule has 232 valence electrons. The molecule has 3 fully saturated rings. The molecule has 1 saturated carbocycles. The number of nitrogens with zero attached hydrogens (tertiary/aromatic N) is 4. The average Bonchev–Trinajstić information content (AvgIpc) is 3.75. The monoisotopic (exact) mass is 599 g/mol. The van der Waals surface area contributed by atoms with E-state index in [1.807, 2.05) is 26.8 Å². The molecule has 2 amide bonds. The van der Waals surface area contributed by atoms with Gasteiger partial charge in [-0.05, 0) is 74.5 Å². The van der Waals surface area contributed by atoms with Crippen LogP contribution < -0.4 is 5.32 Å². The van der Waals surface area contributed by atoms with Crippen LogP contribution in [0.2, 0.25) is 0 Å². The molecule has 2 aromatic heterocycles. The van der Waals surface area contributed by atoms with E-state index in [1.165, 1.54) is 18.4 Å². The van der Waals surface area contributed by atoms with E-state index >= 15 is 4.39 Å². The molecule has 3 aliphatic rings. The Balaban J connectivity index is 0.000000332. The van der Waals surface area contributed by atoms with Crippen LogP contribution in [0, 0.1) is 5.82 Å². The summed E-state index contributed by atoms with van der Waals surface area (Å²) < 4.78 is 17.4. The van der Waals surface area contributed by atoms with Crippen LogP contribution in [0.15, 0.2) is 67.0 Å². The molecule has 9 heteroatoms. The molecule has 0 radical (unpaired) electrons. The van der Waals surface area contributed by atoms with Crippen molar-refractivity contribution in [1.82, 2.24) is 25.0 Å². The molecule has 7 rings (SSSR count). The Kier molecular flexibility index (Phi) is 9.86. The smallest absolute Gasteiger partial charge is 0.226 e. The molecular weight excluding hydrogens is 557 g/mol. The van der Waals surface area contributed by atoms with Crippen molar-refractivity contribution >= 4 is 22.7 Å². The Morgan fingerprint density at radius 3 is 2.36 bits per heavy atom. The van der Waals surface area contributed by atoms with Gasteiger partial charge in [0.15, 0.2) is 0 Å². The van der Waals surface area contributed by atoms with Gasteiger partial charge in [0.05, 0.1) is 22.9 Å². The first kappa shape index (κ1) is 31.5. The Hall–Kier alpha value is -3.95. The number of nitrogens with one attached hydrogen (secondary N) is 1. The molecule has 8 nitrogen and oxygen atoms in total. The van der Waals surface area contributed by atoms with Crippen LogP contribution in [0.3, 0.4) is 0 Å². The van der Waals surface area contributed by atoms with Crippen LogP contribution in [0.5, 0.6) is 0 Å². The first-order valence-electron chi connectivity index (χ1n) is 15.7. The minimum atomic E-state index is -1.02. The van der Waals surface area contributed by atoms with Crippen LogP contribution in [-0.4, -0.2) is 55.3 Å². The molecule has 2 atom stereocenters. The predicted molar refractivity (Wildman–Crippen MR) is 169 cm³/mol. The Morgan fingerprint density at radius 2 is 1.73 bits per heavy atom. The van der Waals surface area contributed by atoms with Crippen LogP contribution >= 0.6 is 0 Å². The van der Waals surface area contributed by atoms with Crippen molar-refractivity contribution in [2.24, 2.45) is 0 Å². The Labute approximate surface area is 258 Å². The molecule has 4 heterocycles. The molecule has 44 heavy (non-hydrogen) atoms. The molecule has 2 N–H and O–H groups in total. The fraction of sp³-hybridized carbons (Fsp3) is 0.429. The minimum Gasteiger partial charge on any atom is -0.388 e. The lowest BCUT2D eigenvalue weighted by atomic mass is 9.77. The number of carbonyl (C=O) groups excluding carboxylic acids is 2. The van der Waals surface area contributed by atoms with Crippen molar-refractivity contribution in [3.05, 3.63) is 83.9 Å². The highest BCUT2D eigenvalue weighted by Gasteiger charge is 2.40. The number of benzene rings is 2. The summed E-state index contributed by atoms with van der Waals surface area (Å²) in [6.07, 6.45) is 8.62. The summed E-state index contributed by atoms with van der Waals surface area (Å²) in [5, 5.41) is 18.8. The van der Waals surface area contributed by atoms with E-state index in [4.69, 9.17) is 5.10 Å². The number of fused-ring (bicyclic) bond motifs is 1. The van der Waals surface area contributed by atoms with Gasteiger partial charge < -0.3 is 5.11 Å². The Morgan fingerprint density at radius 1 is 1.00 bits per heavy atom. The number of β-amino-alcohol motifs (C(OH)–C–C–N with tert-alkyl or cyclic N) is 1. The molecule has 0 bridgehead atoms. The molecular formula is C35H42FN5O3. The van der Waals surface area contributed by atoms with Crippen molar-refractivity contribution in [3.8, 4) is 11.3 Å². The van der Waals surface area contributed by atoms with Crippen LogP contribution in [0.25, 0.3) is 22.2 Å². The normalized spacial score (nSPS) is 22.0. The number of imide groups is 1. The average molecular weight is 600 g/mol. The van der Waals surface area contributed by atoms with E-state index < -0.39 is 5.60 Å². The van der Waals surface area contributed by atoms with Gasteiger partial charge in [-0.15, -0.1) is 0 Å². The standard InChI is InChI=1S/C28H29FN4O.C5H7NO2.C2H6/c1-28(34)18-32(15-12-24(28)22-10-11-26-23(27(22)29)3-2-14-30-26)17-19-4-6-20(7-5-19)25-13-16-33(31-25)21-8-9-21;7-4-2-1-3-5(8)6-4;1-2/h2-7,10-11,13-14,16,21,24,34H,8-9,12,15,17-18H2,1H3;1-3H2,(H,6,7,8);1-2H3. The maximum absolute atomic E-state index is 15.3. The third-order valence-electron chi connectivity index (χ3n) is 8.42. The molecule has 1 aliphatic carbocycles. The maximum Gasteiger partial charge on any atom is 0.226 e. The molecule has 4 aromatic rings. The molecule has 2 aromatic carbocycles. The number of hydrogen-bond acceptors (Lipinski definition) is 6. The number of hydrogen-bond donors (Lipinski definition) is 2. The number of halogens is 1.